The van der Waals surface area contributed by atoms with Gasteiger partial charge in [0.25, 0.3) is 0 Å². The van der Waals surface area contributed by atoms with Gasteiger partial charge in [-0.3, -0.25) is 0 Å². The third kappa shape index (κ3) is 3.13. The van der Waals surface area contributed by atoms with Gasteiger partial charge in [0.2, 0.25) is 0 Å². The molecule has 0 spiro atoms. The van der Waals surface area contributed by atoms with E-state index in [0.717, 1.165) is 0 Å². The van der Waals surface area contributed by atoms with Gasteiger partial charge in [-0.2, -0.15) is 0 Å². The van der Waals surface area contributed by atoms with E-state index in [1.165, 1.54) is 18.2 Å². The Morgan fingerprint density at radius 1 is 1.10 bits per heavy atom. The van der Waals surface area contributed by atoms with Gasteiger partial charge in [0.1, 0.15) is 5.82 Å². The number of halogens is 3. The Kier molecular flexibility index (Phi) is 5.00. The van der Waals surface area contributed by atoms with E-state index < -0.39 is 17.8 Å². The molecule has 0 saturated carbocycles. The molecule has 3 N–H and O–H groups in total. The Hall–Kier alpha value is -1.13. The zero-order valence-electron chi connectivity index (χ0n) is 10.6. The summed E-state index contributed by atoms with van der Waals surface area (Å²) in [7, 11) is 0. The van der Waals surface area contributed by atoms with E-state index in [-0.39, 0.29) is 17.1 Å². The molecule has 0 heterocycles. The van der Waals surface area contributed by atoms with Crippen LogP contribution >= 0.6 is 23.2 Å². The predicted octanol–water partition coefficient (Wildman–Crippen LogP) is 3.91. The Labute approximate surface area is 126 Å². The fourth-order valence-corrected chi connectivity index (χ4v) is 2.59. The molecule has 0 aliphatic rings. The van der Waals surface area contributed by atoms with Gasteiger partial charge in [-0.25, -0.2) is 4.39 Å². The first-order valence-corrected chi connectivity index (χ1v) is 6.87. The van der Waals surface area contributed by atoms with E-state index in [1.54, 1.807) is 24.3 Å². The number of hydrogen-bond donors (Lipinski definition) is 2. The molecule has 0 saturated heterocycles. The summed E-state index contributed by atoms with van der Waals surface area (Å²) in [5.41, 5.74) is 6.58. The number of nitrogens with two attached hydrogens (primary N) is 1. The van der Waals surface area contributed by atoms with Gasteiger partial charge in [0, 0.05) is 28.1 Å². The average Bonchev–Trinajstić information content (AvgIpc) is 2.41. The molecule has 2 aromatic carbocycles. The van der Waals surface area contributed by atoms with Crippen molar-refractivity contribution in [2.75, 3.05) is 6.54 Å². The van der Waals surface area contributed by atoms with Crippen molar-refractivity contribution in [2.45, 2.75) is 12.0 Å². The second kappa shape index (κ2) is 6.55. The number of benzene rings is 2. The smallest absolute Gasteiger partial charge is 0.130 e. The zero-order chi connectivity index (χ0) is 14.7. The lowest BCUT2D eigenvalue weighted by Gasteiger charge is -2.23. The summed E-state index contributed by atoms with van der Waals surface area (Å²) in [5.74, 6) is -1.05. The van der Waals surface area contributed by atoms with Crippen molar-refractivity contribution in [3.8, 4) is 0 Å². The Morgan fingerprint density at radius 3 is 2.40 bits per heavy atom. The molecule has 0 aliphatic heterocycles. The van der Waals surface area contributed by atoms with Gasteiger partial charge in [-0.1, -0.05) is 47.5 Å². The Bertz CT molecular complexity index is 606. The summed E-state index contributed by atoms with van der Waals surface area (Å²) >= 11 is 11.8. The molecule has 5 heteroatoms. The molecule has 2 atom stereocenters. The number of rotatable bonds is 4. The van der Waals surface area contributed by atoms with Crippen LogP contribution in [-0.4, -0.2) is 11.7 Å². The number of aliphatic hydroxyl groups is 1. The lowest BCUT2D eigenvalue weighted by atomic mass is 9.89. The fourth-order valence-electron chi connectivity index (χ4n) is 2.16. The third-order valence-corrected chi connectivity index (χ3v) is 3.80. The van der Waals surface area contributed by atoms with Crippen LogP contribution in [0.25, 0.3) is 0 Å². The van der Waals surface area contributed by atoms with Crippen molar-refractivity contribution in [3.05, 3.63) is 69.5 Å². The fraction of sp³-hybridized carbons (Fsp3) is 0.200. The van der Waals surface area contributed by atoms with Crippen LogP contribution in [0.2, 0.25) is 10.0 Å². The van der Waals surface area contributed by atoms with Crippen LogP contribution in [0.3, 0.4) is 0 Å². The minimum Gasteiger partial charge on any atom is -0.388 e. The van der Waals surface area contributed by atoms with E-state index in [4.69, 9.17) is 28.9 Å². The Balaban J connectivity index is 2.39. The van der Waals surface area contributed by atoms with Crippen LogP contribution in [0.4, 0.5) is 4.39 Å². The van der Waals surface area contributed by atoms with Crippen LogP contribution < -0.4 is 5.73 Å². The molecule has 2 aromatic rings. The predicted molar refractivity (Wildman–Crippen MR) is 79.6 cm³/mol. The van der Waals surface area contributed by atoms with Crippen LogP contribution in [0, 0.1) is 5.82 Å². The lowest BCUT2D eigenvalue weighted by Crippen LogP contribution is -2.21. The molecule has 0 aliphatic carbocycles. The van der Waals surface area contributed by atoms with Crippen LogP contribution in [0.1, 0.15) is 23.1 Å². The highest BCUT2D eigenvalue weighted by Gasteiger charge is 2.25. The van der Waals surface area contributed by atoms with E-state index in [1.807, 2.05) is 0 Å². The summed E-state index contributed by atoms with van der Waals surface area (Å²) in [6, 6.07) is 11.2. The van der Waals surface area contributed by atoms with E-state index in [0.29, 0.717) is 10.6 Å². The van der Waals surface area contributed by atoms with Crippen molar-refractivity contribution >= 4 is 23.2 Å². The highest BCUT2D eigenvalue weighted by Crippen LogP contribution is 2.35. The monoisotopic (exact) mass is 313 g/mol. The minimum absolute atomic E-state index is 0.146. The van der Waals surface area contributed by atoms with Gasteiger partial charge in [0.05, 0.1) is 6.10 Å². The van der Waals surface area contributed by atoms with E-state index >= 15 is 0 Å². The van der Waals surface area contributed by atoms with Gasteiger partial charge in [0.15, 0.2) is 0 Å². The van der Waals surface area contributed by atoms with Crippen LogP contribution in [0.5, 0.6) is 0 Å². The molecule has 0 radical (unpaired) electrons. The first-order chi connectivity index (χ1) is 9.54. The van der Waals surface area contributed by atoms with Crippen molar-refractivity contribution in [3.63, 3.8) is 0 Å². The zero-order valence-corrected chi connectivity index (χ0v) is 12.1. The van der Waals surface area contributed by atoms with Crippen LogP contribution in [-0.2, 0) is 0 Å². The second-order valence-corrected chi connectivity index (χ2v) is 5.32. The largest absolute Gasteiger partial charge is 0.388 e. The summed E-state index contributed by atoms with van der Waals surface area (Å²) in [6.45, 7) is 0.146. The lowest BCUT2D eigenvalue weighted by molar-refractivity contribution is 0.143. The van der Waals surface area contributed by atoms with Gasteiger partial charge in [-0.05, 0) is 23.8 Å². The first-order valence-electron chi connectivity index (χ1n) is 6.12. The standard InChI is InChI=1S/C15H14Cl2FNO/c16-9-5-6-11(14(18)7-9)15(20)12(8-19)10-3-1-2-4-13(10)17/h1-7,12,15,20H,8,19H2. The van der Waals surface area contributed by atoms with Crippen molar-refractivity contribution in [1.82, 2.24) is 0 Å². The summed E-state index contributed by atoms with van der Waals surface area (Å²) < 4.78 is 13.9. The maximum absolute atomic E-state index is 13.9. The molecule has 0 amide bonds. The third-order valence-electron chi connectivity index (χ3n) is 3.22. The average molecular weight is 314 g/mol. The molecule has 0 bridgehead atoms. The van der Waals surface area contributed by atoms with Gasteiger partial charge >= 0.3 is 0 Å². The van der Waals surface area contributed by atoms with E-state index in [9.17, 15) is 9.50 Å². The topological polar surface area (TPSA) is 46.2 Å². The second-order valence-electron chi connectivity index (χ2n) is 4.47. The van der Waals surface area contributed by atoms with Gasteiger partial charge < -0.3 is 10.8 Å². The molecule has 20 heavy (non-hydrogen) atoms. The molecule has 2 nitrogen and oxygen atoms in total. The van der Waals surface area contributed by atoms with Crippen molar-refractivity contribution in [1.29, 1.82) is 0 Å². The molecule has 0 fully saturated rings. The quantitative estimate of drug-likeness (QED) is 0.899. The van der Waals surface area contributed by atoms with Crippen LogP contribution in [0.15, 0.2) is 42.5 Å². The normalized spacial score (nSPS) is 14.1. The van der Waals surface area contributed by atoms with Gasteiger partial charge in [-0.15, -0.1) is 0 Å². The summed E-state index contributed by atoms with van der Waals surface area (Å²) in [5, 5.41) is 11.2. The highest BCUT2D eigenvalue weighted by molar-refractivity contribution is 6.31. The highest BCUT2D eigenvalue weighted by atomic mass is 35.5. The molecule has 106 valence electrons. The SMILES string of the molecule is NCC(c1ccccc1Cl)C(O)c1ccc(Cl)cc1F. The molecule has 2 unspecified atom stereocenters. The number of aliphatic hydroxyl groups excluding tert-OH is 1. The Morgan fingerprint density at radius 2 is 1.80 bits per heavy atom. The summed E-state index contributed by atoms with van der Waals surface area (Å²) in [6.07, 6.45) is -1.09. The maximum Gasteiger partial charge on any atom is 0.130 e. The van der Waals surface area contributed by atoms with E-state index in [2.05, 4.69) is 0 Å². The minimum atomic E-state index is -1.09. The molecular weight excluding hydrogens is 300 g/mol. The van der Waals surface area contributed by atoms with Crippen molar-refractivity contribution in [2.24, 2.45) is 5.73 Å². The molecule has 2 rings (SSSR count). The molecular formula is C15H14Cl2FNO. The maximum atomic E-state index is 13.9. The summed E-state index contributed by atoms with van der Waals surface area (Å²) in [4.78, 5) is 0. The first kappa shape index (κ1) is 15.3. The molecule has 0 aromatic heterocycles. The number of hydrogen-bond acceptors (Lipinski definition) is 2. The van der Waals surface area contributed by atoms with Crippen molar-refractivity contribution < 1.29 is 9.50 Å².